The average molecular weight is 761 g/mol. The molecular formula is C37H42F6N8O3. The number of fused-ring (bicyclic) bond motifs is 3. The van der Waals surface area contributed by atoms with Crippen LogP contribution in [0.4, 0.5) is 32.0 Å². The molecule has 4 aromatic rings. The topological polar surface area (TPSA) is 133 Å². The SMILES string of the molecule is Nc1c(C(F)(F)F)cc(CC(CC(=O)N2CCC(n3c(=O)[nH]c4c5ccccc5ncc43)CC2)C(=O)N2CCN(C3CCNCC3)CC2)cc1C(F)(F)F. The molecule has 2 aromatic carbocycles. The summed E-state index contributed by atoms with van der Waals surface area (Å²) in [5.41, 5.74) is 2.00. The number of nitrogens with two attached hydrogens (primary N) is 1. The van der Waals surface area contributed by atoms with Crippen LogP contribution >= 0.6 is 0 Å². The van der Waals surface area contributed by atoms with Crippen molar-refractivity contribution in [2.45, 2.75) is 63.0 Å². The number of hydrogen-bond acceptors (Lipinski definition) is 7. The minimum atomic E-state index is -5.18. The largest absolute Gasteiger partial charge is 0.418 e. The van der Waals surface area contributed by atoms with Gasteiger partial charge in [0, 0.05) is 63.2 Å². The number of pyridine rings is 1. The van der Waals surface area contributed by atoms with Crippen LogP contribution in [0.25, 0.3) is 21.9 Å². The van der Waals surface area contributed by atoms with Crippen LogP contribution in [0.1, 0.15) is 54.8 Å². The molecule has 11 nitrogen and oxygen atoms in total. The predicted octanol–water partition coefficient (Wildman–Crippen LogP) is 4.81. The second kappa shape index (κ2) is 14.9. The van der Waals surface area contributed by atoms with E-state index in [1.54, 1.807) is 20.6 Å². The summed E-state index contributed by atoms with van der Waals surface area (Å²) in [5.74, 6) is -2.16. The number of hydrogen-bond donors (Lipinski definition) is 3. The molecule has 2 amide bonds. The Morgan fingerprint density at radius 1 is 0.852 bits per heavy atom. The smallest absolute Gasteiger partial charge is 0.398 e. The third-order valence-electron chi connectivity index (χ3n) is 11.2. The number of nitrogens with zero attached hydrogens (tertiary/aromatic N) is 5. The Bertz CT molecular complexity index is 2040. The predicted molar refractivity (Wildman–Crippen MR) is 189 cm³/mol. The summed E-state index contributed by atoms with van der Waals surface area (Å²) < 4.78 is 85.2. The van der Waals surface area contributed by atoms with Crippen LogP contribution in [-0.4, -0.2) is 99.4 Å². The zero-order chi connectivity index (χ0) is 38.4. The number of halogens is 6. The van der Waals surface area contributed by atoms with Crippen LogP contribution in [0, 0.1) is 5.92 Å². The first-order chi connectivity index (χ1) is 25.7. The first kappa shape index (κ1) is 37.7. The number of likely N-dealkylation sites (tertiary alicyclic amines) is 1. The molecule has 290 valence electrons. The van der Waals surface area contributed by atoms with Crippen LogP contribution in [0.5, 0.6) is 0 Å². The molecular weight excluding hydrogens is 718 g/mol. The van der Waals surface area contributed by atoms with E-state index in [4.69, 9.17) is 5.73 Å². The number of imidazole rings is 1. The van der Waals surface area contributed by atoms with Gasteiger partial charge in [0.15, 0.2) is 0 Å². The molecule has 5 heterocycles. The summed E-state index contributed by atoms with van der Waals surface area (Å²) in [6.07, 6.45) is -6.91. The fourth-order valence-corrected chi connectivity index (χ4v) is 8.37. The Balaban J connectivity index is 1.10. The number of alkyl halides is 6. The second-order valence-electron chi connectivity index (χ2n) is 14.5. The van der Waals surface area contributed by atoms with E-state index in [2.05, 4.69) is 20.2 Å². The van der Waals surface area contributed by atoms with Crippen molar-refractivity contribution in [3.63, 3.8) is 0 Å². The van der Waals surface area contributed by atoms with Gasteiger partial charge in [-0.1, -0.05) is 18.2 Å². The van der Waals surface area contributed by atoms with Crippen molar-refractivity contribution >= 4 is 39.4 Å². The summed E-state index contributed by atoms with van der Waals surface area (Å²) in [6.45, 7) is 4.04. The number of nitrogen functional groups attached to an aromatic ring is 1. The van der Waals surface area contributed by atoms with Gasteiger partial charge in [-0.25, -0.2) is 4.79 Å². The van der Waals surface area contributed by atoms with Crippen LogP contribution in [0.15, 0.2) is 47.4 Å². The molecule has 7 rings (SSSR count). The number of nitrogens with one attached hydrogen (secondary N) is 2. The summed E-state index contributed by atoms with van der Waals surface area (Å²) in [7, 11) is 0. The molecule has 3 fully saturated rings. The van der Waals surface area contributed by atoms with Crippen molar-refractivity contribution < 1.29 is 35.9 Å². The number of carbonyl (C=O) groups excluding carboxylic acids is 2. The number of anilines is 1. The Morgan fingerprint density at radius 3 is 2.11 bits per heavy atom. The van der Waals surface area contributed by atoms with Gasteiger partial charge in [0.05, 0.1) is 45.5 Å². The van der Waals surface area contributed by atoms with Crippen molar-refractivity contribution in [2.24, 2.45) is 5.92 Å². The van der Waals surface area contributed by atoms with Crippen LogP contribution < -0.4 is 16.7 Å². The van der Waals surface area contributed by atoms with Gasteiger partial charge < -0.3 is 25.8 Å². The number of aromatic nitrogens is 3. The molecule has 1 unspecified atom stereocenters. The van der Waals surface area contributed by atoms with Gasteiger partial charge in [-0.15, -0.1) is 0 Å². The summed E-state index contributed by atoms with van der Waals surface area (Å²) in [6, 6.07) is 8.62. The molecule has 2 aromatic heterocycles. The van der Waals surface area contributed by atoms with Crippen molar-refractivity contribution in [3.8, 4) is 0 Å². The highest BCUT2D eigenvalue weighted by Gasteiger charge is 2.42. The molecule has 0 radical (unpaired) electrons. The highest BCUT2D eigenvalue weighted by Crippen LogP contribution is 2.42. The van der Waals surface area contributed by atoms with Crippen molar-refractivity contribution in [3.05, 3.63) is 69.8 Å². The number of piperidine rings is 2. The van der Waals surface area contributed by atoms with Gasteiger partial charge in [-0.05, 0) is 69.0 Å². The fraction of sp³-hybridized carbons (Fsp3) is 0.514. The molecule has 0 aliphatic carbocycles. The first-order valence-electron chi connectivity index (χ1n) is 18.2. The molecule has 3 aliphatic rings. The second-order valence-corrected chi connectivity index (χ2v) is 14.5. The van der Waals surface area contributed by atoms with E-state index in [0.29, 0.717) is 68.2 Å². The maximum absolute atomic E-state index is 14.1. The fourth-order valence-electron chi connectivity index (χ4n) is 8.37. The molecule has 1 atom stereocenters. The van der Waals surface area contributed by atoms with E-state index in [-0.39, 0.29) is 30.4 Å². The zero-order valence-electron chi connectivity index (χ0n) is 29.5. The van der Waals surface area contributed by atoms with Crippen LogP contribution in [0.3, 0.4) is 0 Å². The van der Waals surface area contributed by atoms with Crippen molar-refractivity contribution in [2.75, 3.05) is 58.1 Å². The summed E-state index contributed by atoms with van der Waals surface area (Å²) in [5, 5.41) is 4.12. The van der Waals surface area contributed by atoms with Crippen LogP contribution in [0.2, 0.25) is 0 Å². The molecule has 3 saturated heterocycles. The number of carbonyl (C=O) groups is 2. The Kier molecular flexibility index (Phi) is 10.4. The third-order valence-corrected chi connectivity index (χ3v) is 11.2. The molecule has 4 N–H and O–H groups in total. The van der Waals surface area contributed by atoms with Gasteiger partial charge in [-0.3, -0.25) is 24.0 Å². The minimum Gasteiger partial charge on any atom is -0.398 e. The van der Waals surface area contributed by atoms with E-state index in [1.807, 2.05) is 24.3 Å². The lowest BCUT2D eigenvalue weighted by molar-refractivity contribution is -0.143. The van der Waals surface area contributed by atoms with Crippen LogP contribution in [-0.2, 0) is 28.4 Å². The summed E-state index contributed by atoms with van der Waals surface area (Å²) >= 11 is 0. The van der Waals surface area contributed by atoms with Gasteiger partial charge in [0.25, 0.3) is 0 Å². The highest BCUT2D eigenvalue weighted by molar-refractivity contribution is 6.01. The normalized spacial score (nSPS) is 19.1. The van der Waals surface area contributed by atoms with E-state index >= 15 is 0 Å². The van der Waals surface area contributed by atoms with E-state index in [9.17, 15) is 40.7 Å². The molecule has 54 heavy (non-hydrogen) atoms. The Hall–Kier alpha value is -4.64. The number of amides is 2. The Morgan fingerprint density at radius 2 is 1.48 bits per heavy atom. The zero-order valence-corrected chi connectivity index (χ0v) is 29.5. The van der Waals surface area contributed by atoms with Crippen molar-refractivity contribution in [1.82, 2.24) is 34.6 Å². The first-order valence-corrected chi connectivity index (χ1v) is 18.2. The lowest BCUT2D eigenvalue weighted by atomic mass is 9.90. The molecule has 17 heteroatoms. The third kappa shape index (κ3) is 7.65. The Labute approximate surface area is 306 Å². The standard InChI is InChI=1S/C37H42F6N8O3/c38-36(39,40)27-18-22(19-28(32(27)44)37(41,42)43)17-23(34(53)50-15-13-48(14-16-50)24-5-9-45-10-6-24)20-31(52)49-11-7-25(8-12-49)51-30-21-46-29-4-2-1-3-26(29)33(30)47-35(51)54/h1-4,18-19,21,23-25,45H,5-17,20,44H2,(H,47,54). The van der Waals surface area contributed by atoms with Gasteiger partial charge >= 0.3 is 18.0 Å². The van der Waals surface area contributed by atoms with Gasteiger partial charge in [0.2, 0.25) is 11.8 Å². The minimum absolute atomic E-state index is 0.234. The maximum atomic E-state index is 14.1. The molecule has 3 aliphatic heterocycles. The van der Waals surface area contributed by atoms with E-state index in [1.165, 1.54) is 0 Å². The number of piperazine rings is 1. The van der Waals surface area contributed by atoms with Crippen molar-refractivity contribution in [1.29, 1.82) is 0 Å². The molecule has 0 saturated carbocycles. The number of para-hydroxylation sites is 1. The van der Waals surface area contributed by atoms with E-state index < -0.39 is 59.7 Å². The number of H-pyrrole nitrogens is 1. The van der Waals surface area contributed by atoms with E-state index in [0.717, 1.165) is 36.8 Å². The average Bonchev–Trinajstić information content (AvgIpc) is 3.50. The lowest BCUT2D eigenvalue weighted by Gasteiger charge is -2.41. The maximum Gasteiger partial charge on any atom is 0.418 e. The number of benzene rings is 2. The quantitative estimate of drug-likeness (QED) is 0.182. The monoisotopic (exact) mass is 760 g/mol. The molecule has 0 spiro atoms. The highest BCUT2D eigenvalue weighted by atomic mass is 19.4. The number of aromatic amines is 1. The number of rotatable bonds is 7. The molecule has 0 bridgehead atoms. The van der Waals surface area contributed by atoms with Gasteiger partial charge in [-0.2, -0.15) is 26.3 Å². The van der Waals surface area contributed by atoms with Gasteiger partial charge in [0.1, 0.15) is 0 Å². The lowest BCUT2D eigenvalue weighted by Crippen LogP contribution is -2.55. The summed E-state index contributed by atoms with van der Waals surface area (Å²) in [4.78, 5) is 53.9.